The number of aromatic nitrogens is 1. The van der Waals surface area contributed by atoms with Gasteiger partial charge in [0, 0.05) is 24.8 Å². The van der Waals surface area contributed by atoms with E-state index < -0.39 is 0 Å². The molecule has 27 heavy (non-hydrogen) atoms. The molecule has 1 aromatic carbocycles. The molecule has 0 N–H and O–H groups in total. The van der Waals surface area contributed by atoms with E-state index in [1.807, 2.05) is 74.4 Å². The zero-order valence-corrected chi connectivity index (χ0v) is 17.2. The van der Waals surface area contributed by atoms with Crippen LogP contribution in [0.3, 0.4) is 0 Å². The Bertz CT molecular complexity index is 807. The van der Waals surface area contributed by atoms with Crippen LogP contribution < -0.4 is 0 Å². The maximum atomic E-state index is 13.5. The Labute approximate surface area is 161 Å². The van der Waals surface area contributed by atoms with Crippen molar-refractivity contribution in [2.45, 2.75) is 60.7 Å². The van der Waals surface area contributed by atoms with E-state index in [1.54, 1.807) is 6.92 Å². The third-order valence-electron chi connectivity index (χ3n) is 4.85. The van der Waals surface area contributed by atoms with Crippen molar-refractivity contribution in [3.05, 3.63) is 58.4 Å². The van der Waals surface area contributed by atoms with E-state index in [9.17, 15) is 9.59 Å². The molecule has 5 heteroatoms. The smallest absolute Gasteiger partial charge is 0.355 e. The van der Waals surface area contributed by atoms with E-state index in [2.05, 4.69) is 0 Å². The Morgan fingerprint density at radius 2 is 1.74 bits per heavy atom. The highest BCUT2D eigenvalue weighted by atomic mass is 16.5. The Morgan fingerprint density at radius 1 is 1.11 bits per heavy atom. The minimum absolute atomic E-state index is 0.0347. The highest BCUT2D eigenvalue weighted by Gasteiger charge is 2.30. The summed E-state index contributed by atoms with van der Waals surface area (Å²) in [6.07, 6.45) is 0. The first kappa shape index (κ1) is 20.7. The first-order valence-electron chi connectivity index (χ1n) is 9.55. The van der Waals surface area contributed by atoms with Crippen LogP contribution in [0.4, 0.5) is 0 Å². The number of carbonyl (C=O) groups is 2. The van der Waals surface area contributed by atoms with Gasteiger partial charge in [-0.3, -0.25) is 4.79 Å². The lowest BCUT2D eigenvalue weighted by Crippen LogP contribution is -2.37. The van der Waals surface area contributed by atoms with Crippen molar-refractivity contribution in [2.75, 3.05) is 6.61 Å². The molecule has 0 spiro atoms. The quantitative estimate of drug-likeness (QED) is 0.681. The van der Waals surface area contributed by atoms with Crippen LogP contribution in [-0.4, -0.2) is 34.0 Å². The normalized spacial score (nSPS) is 10.9. The van der Waals surface area contributed by atoms with Crippen molar-refractivity contribution in [1.29, 1.82) is 0 Å². The third kappa shape index (κ3) is 4.24. The molecule has 0 unspecified atom stereocenters. The number of amides is 1. The monoisotopic (exact) mass is 370 g/mol. The summed E-state index contributed by atoms with van der Waals surface area (Å²) in [6.45, 7) is 12.9. The van der Waals surface area contributed by atoms with Crippen LogP contribution in [0.2, 0.25) is 0 Å². The Hall–Kier alpha value is -2.56. The van der Waals surface area contributed by atoms with Crippen LogP contribution in [0, 0.1) is 13.8 Å². The predicted molar refractivity (Wildman–Crippen MR) is 107 cm³/mol. The van der Waals surface area contributed by atoms with E-state index >= 15 is 0 Å². The van der Waals surface area contributed by atoms with Gasteiger partial charge in [-0.2, -0.15) is 0 Å². The number of esters is 1. The molecule has 1 heterocycles. The zero-order chi connectivity index (χ0) is 20.1. The van der Waals surface area contributed by atoms with Crippen LogP contribution in [-0.2, 0) is 17.8 Å². The summed E-state index contributed by atoms with van der Waals surface area (Å²) in [5.74, 6) is -0.431. The lowest BCUT2D eigenvalue weighted by atomic mass is 10.1. The molecule has 0 fully saturated rings. The van der Waals surface area contributed by atoms with Crippen molar-refractivity contribution in [1.82, 2.24) is 9.47 Å². The fraction of sp³-hybridized carbons (Fsp3) is 0.455. The molecule has 0 saturated carbocycles. The lowest BCUT2D eigenvalue weighted by molar-refractivity contribution is 0.0512. The number of ether oxygens (including phenoxy) is 1. The maximum absolute atomic E-state index is 13.5. The molecule has 0 atom stereocenters. The van der Waals surface area contributed by atoms with E-state index in [4.69, 9.17) is 4.74 Å². The molecule has 0 bridgehead atoms. The fourth-order valence-electron chi connectivity index (χ4n) is 3.48. The van der Waals surface area contributed by atoms with E-state index in [0.29, 0.717) is 36.5 Å². The van der Waals surface area contributed by atoms with Gasteiger partial charge in [0.1, 0.15) is 5.69 Å². The highest BCUT2D eigenvalue weighted by molar-refractivity contribution is 6.01. The van der Waals surface area contributed by atoms with E-state index in [-0.39, 0.29) is 17.9 Å². The number of hydrogen-bond donors (Lipinski definition) is 0. The number of benzene rings is 1. The SMILES string of the molecule is CCOC(=O)c1c(C)c(C(=O)N(Cc2ccccc2)C(C)C)c(C)n1CC. The molecule has 0 aliphatic carbocycles. The van der Waals surface area contributed by atoms with Gasteiger partial charge in [0.25, 0.3) is 5.91 Å². The molecule has 146 valence electrons. The molecule has 0 radical (unpaired) electrons. The summed E-state index contributed by atoms with van der Waals surface area (Å²) in [6, 6.07) is 9.98. The van der Waals surface area contributed by atoms with Gasteiger partial charge in [-0.1, -0.05) is 30.3 Å². The average Bonchev–Trinajstić information content (AvgIpc) is 2.89. The number of nitrogens with zero attached hydrogens (tertiary/aromatic N) is 2. The predicted octanol–water partition coefficient (Wildman–Crippen LogP) is 4.35. The van der Waals surface area contributed by atoms with Gasteiger partial charge in [-0.15, -0.1) is 0 Å². The van der Waals surface area contributed by atoms with Crippen molar-refractivity contribution in [3.63, 3.8) is 0 Å². The molecule has 1 aromatic heterocycles. The van der Waals surface area contributed by atoms with Crippen LogP contribution in [0.25, 0.3) is 0 Å². The number of carbonyl (C=O) groups excluding carboxylic acids is 2. The molecule has 2 rings (SSSR count). The summed E-state index contributed by atoms with van der Waals surface area (Å²) >= 11 is 0. The van der Waals surface area contributed by atoms with Gasteiger partial charge in [0.2, 0.25) is 0 Å². The standard InChI is InChI=1S/C22H30N2O3/c1-7-23-17(6)19(16(5)20(23)22(26)27-8-2)21(25)24(15(3)4)14-18-12-10-9-11-13-18/h9-13,15H,7-8,14H2,1-6H3. The minimum atomic E-state index is -0.377. The Kier molecular flexibility index (Phi) is 6.83. The van der Waals surface area contributed by atoms with Gasteiger partial charge < -0.3 is 14.2 Å². The largest absolute Gasteiger partial charge is 0.461 e. The summed E-state index contributed by atoms with van der Waals surface area (Å²) in [4.78, 5) is 27.8. The molecule has 5 nitrogen and oxygen atoms in total. The summed E-state index contributed by atoms with van der Waals surface area (Å²) in [5.41, 5.74) is 3.65. The molecular formula is C22H30N2O3. The van der Waals surface area contributed by atoms with Gasteiger partial charge >= 0.3 is 5.97 Å². The molecule has 2 aromatic rings. The van der Waals surface area contributed by atoms with Gasteiger partial charge in [0.15, 0.2) is 0 Å². The van der Waals surface area contributed by atoms with Gasteiger partial charge in [0.05, 0.1) is 12.2 Å². The number of hydrogen-bond acceptors (Lipinski definition) is 3. The van der Waals surface area contributed by atoms with Crippen LogP contribution in [0.15, 0.2) is 30.3 Å². The van der Waals surface area contributed by atoms with E-state index in [0.717, 1.165) is 11.3 Å². The topological polar surface area (TPSA) is 51.5 Å². The first-order chi connectivity index (χ1) is 12.8. The zero-order valence-electron chi connectivity index (χ0n) is 17.2. The Morgan fingerprint density at radius 3 is 2.26 bits per heavy atom. The molecular weight excluding hydrogens is 340 g/mol. The van der Waals surface area contributed by atoms with E-state index in [1.165, 1.54) is 0 Å². The highest BCUT2D eigenvalue weighted by Crippen LogP contribution is 2.26. The average molecular weight is 370 g/mol. The molecule has 0 aliphatic heterocycles. The fourth-order valence-corrected chi connectivity index (χ4v) is 3.48. The summed E-state index contributed by atoms with van der Waals surface area (Å²) in [5, 5.41) is 0. The van der Waals surface area contributed by atoms with Crippen LogP contribution in [0.5, 0.6) is 0 Å². The number of rotatable bonds is 7. The van der Waals surface area contributed by atoms with Crippen LogP contribution in [0.1, 0.15) is 65.4 Å². The lowest BCUT2D eigenvalue weighted by Gasteiger charge is -2.27. The van der Waals surface area contributed by atoms with Gasteiger partial charge in [-0.05, 0) is 52.7 Å². The third-order valence-corrected chi connectivity index (χ3v) is 4.85. The second-order valence-corrected chi connectivity index (χ2v) is 6.91. The van der Waals surface area contributed by atoms with Crippen molar-refractivity contribution in [3.8, 4) is 0 Å². The van der Waals surface area contributed by atoms with Gasteiger partial charge in [-0.25, -0.2) is 4.79 Å². The second-order valence-electron chi connectivity index (χ2n) is 6.91. The summed E-state index contributed by atoms with van der Waals surface area (Å²) < 4.78 is 7.09. The molecule has 0 aliphatic rings. The molecule has 0 saturated heterocycles. The molecule has 1 amide bonds. The minimum Gasteiger partial charge on any atom is -0.461 e. The second kappa shape index (κ2) is 8.89. The Balaban J connectivity index is 2.48. The van der Waals surface area contributed by atoms with Crippen molar-refractivity contribution in [2.24, 2.45) is 0 Å². The van der Waals surface area contributed by atoms with Crippen molar-refractivity contribution < 1.29 is 14.3 Å². The summed E-state index contributed by atoms with van der Waals surface area (Å²) in [7, 11) is 0. The van der Waals surface area contributed by atoms with Crippen LogP contribution >= 0.6 is 0 Å². The maximum Gasteiger partial charge on any atom is 0.355 e. The first-order valence-corrected chi connectivity index (χ1v) is 9.55. The van der Waals surface area contributed by atoms with Crippen molar-refractivity contribution >= 4 is 11.9 Å².